The van der Waals surface area contributed by atoms with Gasteiger partial charge in [0.05, 0.1) is 19.3 Å². The minimum Gasteiger partial charge on any atom is -0.452 e. The van der Waals surface area contributed by atoms with Crippen molar-refractivity contribution in [3.63, 3.8) is 0 Å². The van der Waals surface area contributed by atoms with Crippen LogP contribution in [0.2, 0.25) is 0 Å². The summed E-state index contributed by atoms with van der Waals surface area (Å²) in [6.45, 7) is 0.671. The average molecular weight is 390 g/mol. The third-order valence-corrected chi connectivity index (χ3v) is 5.72. The lowest BCUT2D eigenvalue weighted by Gasteiger charge is -2.42. The quantitative estimate of drug-likeness (QED) is 0.764. The Labute approximate surface area is 161 Å². The van der Waals surface area contributed by atoms with Crippen molar-refractivity contribution in [2.45, 2.75) is 43.5 Å². The molecule has 2 aliphatic heterocycles. The molecule has 2 saturated heterocycles. The number of aliphatic hydroxyl groups is 1. The van der Waals surface area contributed by atoms with Crippen molar-refractivity contribution in [3.8, 4) is 0 Å². The van der Waals surface area contributed by atoms with Crippen LogP contribution < -0.4 is 0 Å². The molecule has 0 aliphatic carbocycles. The summed E-state index contributed by atoms with van der Waals surface area (Å²) in [4.78, 5) is 13.0. The molecule has 0 amide bonds. The van der Waals surface area contributed by atoms with Gasteiger partial charge in [0.1, 0.15) is 23.2 Å². The van der Waals surface area contributed by atoms with Crippen LogP contribution in [0.3, 0.4) is 0 Å². The van der Waals surface area contributed by atoms with E-state index in [1.165, 1.54) is 11.3 Å². The molecule has 5 unspecified atom stereocenters. The van der Waals surface area contributed by atoms with E-state index in [9.17, 15) is 9.90 Å². The number of esters is 1. The van der Waals surface area contributed by atoms with Gasteiger partial charge < -0.3 is 24.1 Å². The average Bonchev–Trinajstić information content (AvgIpc) is 3.39. The fourth-order valence-electron chi connectivity index (χ4n) is 3.57. The summed E-state index contributed by atoms with van der Waals surface area (Å²) < 4.78 is 23.7. The number of thiophene rings is 1. The van der Waals surface area contributed by atoms with Crippen molar-refractivity contribution >= 4 is 17.3 Å². The van der Waals surface area contributed by atoms with Gasteiger partial charge in [0.15, 0.2) is 6.10 Å². The Morgan fingerprint density at radius 2 is 2.04 bits per heavy atom. The first kappa shape index (κ1) is 18.6. The lowest BCUT2D eigenvalue weighted by molar-refractivity contribution is -0.231. The molecule has 2 fully saturated rings. The number of fused-ring (bicyclic) bond motifs is 1. The predicted molar refractivity (Wildman–Crippen MR) is 98.6 cm³/mol. The third-order valence-electron chi connectivity index (χ3n) is 4.87. The highest BCUT2D eigenvalue weighted by molar-refractivity contribution is 7.11. The number of hydrogen-bond donors (Lipinski definition) is 1. The molecule has 1 N–H and O–H groups in total. The third kappa shape index (κ3) is 4.07. The topological polar surface area (TPSA) is 74.2 Å². The minimum atomic E-state index is -0.743. The van der Waals surface area contributed by atoms with Gasteiger partial charge in [0.25, 0.3) is 0 Å². The van der Waals surface area contributed by atoms with E-state index in [1.54, 1.807) is 12.1 Å². The maximum absolute atomic E-state index is 12.5. The van der Waals surface area contributed by atoms with Gasteiger partial charge in [-0.25, -0.2) is 4.79 Å². The van der Waals surface area contributed by atoms with E-state index in [1.807, 2.05) is 35.7 Å². The summed E-state index contributed by atoms with van der Waals surface area (Å²) in [5.74, 6) is -0.443. The number of ether oxygens (including phenoxy) is 4. The van der Waals surface area contributed by atoms with Crippen molar-refractivity contribution in [1.29, 1.82) is 0 Å². The minimum absolute atomic E-state index is 0.167. The molecule has 1 aromatic carbocycles. The molecule has 0 radical (unpaired) electrons. The van der Waals surface area contributed by atoms with Gasteiger partial charge in [0, 0.05) is 6.61 Å². The Bertz CT molecular complexity index is 734. The number of rotatable bonds is 6. The molecule has 1 aromatic heterocycles. The smallest absolute Gasteiger partial charge is 0.348 e. The molecule has 144 valence electrons. The molecular weight excluding hydrogens is 368 g/mol. The molecule has 4 rings (SSSR count). The number of aliphatic hydroxyl groups excluding tert-OH is 1. The Hall–Kier alpha value is -1.77. The Balaban J connectivity index is 1.54. The second kappa shape index (κ2) is 8.50. The molecular formula is C20H22O6S. The van der Waals surface area contributed by atoms with E-state index < -0.39 is 24.3 Å². The van der Waals surface area contributed by atoms with Crippen LogP contribution in [0.25, 0.3) is 0 Å². The van der Waals surface area contributed by atoms with Crippen LogP contribution in [-0.4, -0.2) is 54.8 Å². The van der Waals surface area contributed by atoms with Crippen LogP contribution in [0.15, 0.2) is 47.8 Å². The van der Waals surface area contributed by atoms with E-state index in [0.717, 1.165) is 12.0 Å². The van der Waals surface area contributed by atoms with Gasteiger partial charge >= 0.3 is 5.97 Å². The van der Waals surface area contributed by atoms with Gasteiger partial charge in [-0.05, 0) is 23.4 Å². The lowest BCUT2D eigenvalue weighted by Crippen LogP contribution is -2.59. The highest BCUT2D eigenvalue weighted by atomic mass is 32.1. The van der Waals surface area contributed by atoms with Crippen LogP contribution in [-0.2, 0) is 25.6 Å². The summed E-state index contributed by atoms with van der Waals surface area (Å²) >= 11 is 1.31. The first-order chi connectivity index (χ1) is 13.3. The number of carbonyl (C=O) groups is 1. The summed E-state index contributed by atoms with van der Waals surface area (Å²) in [5.41, 5.74) is 1.02. The van der Waals surface area contributed by atoms with Gasteiger partial charge in [-0.2, -0.15) is 0 Å². The van der Waals surface area contributed by atoms with Gasteiger partial charge in [-0.1, -0.05) is 36.4 Å². The first-order valence-electron chi connectivity index (χ1n) is 9.04. The van der Waals surface area contributed by atoms with Crippen molar-refractivity contribution in [2.24, 2.45) is 0 Å². The fourth-order valence-corrected chi connectivity index (χ4v) is 4.17. The van der Waals surface area contributed by atoms with E-state index in [-0.39, 0.29) is 18.8 Å². The molecule has 3 heterocycles. The lowest BCUT2D eigenvalue weighted by atomic mass is 9.94. The number of benzene rings is 1. The molecule has 0 saturated carbocycles. The summed E-state index contributed by atoms with van der Waals surface area (Å²) in [6, 6.07) is 13.3. The second-order valence-electron chi connectivity index (χ2n) is 6.63. The molecule has 2 aromatic rings. The molecule has 0 spiro atoms. The maximum Gasteiger partial charge on any atom is 0.348 e. The molecule has 7 heteroatoms. The molecule has 5 atom stereocenters. The van der Waals surface area contributed by atoms with Gasteiger partial charge in [-0.15, -0.1) is 11.3 Å². The van der Waals surface area contributed by atoms with Crippen LogP contribution in [0, 0.1) is 0 Å². The van der Waals surface area contributed by atoms with Crippen molar-refractivity contribution in [1.82, 2.24) is 0 Å². The first-order valence-corrected chi connectivity index (χ1v) is 9.92. The number of hydrogen-bond acceptors (Lipinski definition) is 7. The fraction of sp³-hybridized carbons (Fsp3) is 0.450. The van der Waals surface area contributed by atoms with Crippen molar-refractivity contribution in [2.75, 3.05) is 13.2 Å². The second-order valence-corrected chi connectivity index (χ2v) is 7.58. The summed E-state index contributed by atoms with van der Waals surface area (Å²) in [5, 5.41) is 11.6. The van der Waals surface area contributed by atoms with Crippen LogP contribution in [0.1, 0.15) is 21.7 Å². The number of carbonyl (C=O) groups excluding carboxylic acids is 1. The van der Waals surface area contributed by atoms with E-state index in [2.05, 4.69) is 0 Å². The zero-order chi connectivity index (χ0) is 18.6. The Kier molecular flexibility index (Phi) is 5.85. The zero-order valence-corrected chi connectivity index (χ0v) is 15.5. The van der Waals surface area contributed by atoms with Crippen molar-refractivity contribution < 1.29 is 28.8 Å². The predicted octanol–water partition coefficient (Wildman–Crippen LogP) is 2.41. The van der Waals surface area contributed by atoms with Crippen LogP contribution in [0.4, 0.5) is 0 Å². The van der Waals surface area contributed by atoms with Crippen LogP contribution in [0.5, 0.6) is 0 Å². The monoisotopic (exact) mass is 390 g/mol. The SMILES string of the molecule is O=C(OC1C(CO)OC2CCOC2C1OCc1ccccc1)c1cccs1. The summed E-state index contributed by atoms with van der Waals surface area (Å²) in [7, 11) is 0. The van der Waals surface area contributed by atoms with Gasteiger partial charge in [0.2, 0.25) is 0 Å². The Morgan fingerprint density at radius 3 is 2.78 bits per heavy atom. The normalized spacial score (nSPS) is 30.0. The van der Waals surface area contributed by atoms with E-state index in [0.29, 0.717) is 18.1 Å². The zero-order valence-electron chi connectivity index (χ0n) is 14.7. The molecule has 2 aliphatic rings. The Morgan fingerprint density at radius 1 is 1.19 bits per heavy atom. The van der Waals surface area contributed by atoms with Crippen molar-refractivity contribution in [3.05, 3.63) is 58.3 Å². The highest BCUT2D eigenvalue weighted by Gasteiger charge is 2.51. The summed E-state index contributed by atoms with van der Waals surface area (Å²) in [6.07, 6.45) is -1.65. The maximum atomic E-state index is 12.5. The van der Waals surface area contributed by atoms with Crippen LogP contribution >= 0.6 is 11.3 Å². The molecule has 27 heavy (non-hydrogen) atoms. The van der Waals surface area contributed by atoms with Gasteiger partial charge in [-0.3, -0.25) is 0 Å². The largest absolute Gasteiger partial charge is 0.452 e. The highest BCUT2D eigenvalue weighted by Crippen LogP contribution is 2.34. The molecule has 0 bridgehead atoms. The van der Waals surface area contributed by atoms with E-state index >= 15 is 0 Å². The van der Waals surface area contributed by atoms with E-state index in [4.69, 9.17) is 18.9 Å². The standard InChI is InChI=1S/C20H22O6S/c21-11-15-18(26-20(22)16-7-4-10-27-16)19(17-14(25-15)8-9-23-17)24-12-13-5-2-1-3-6-13/h1-7,10,14-15,17-19,21H,8-9,11-12H2. The molecule has 6 nitrogen and oxygen atoms in total.